The number of fused-ring (bicyclic) bond motifs is 1. The molecule has 0 atom stereocenters. The fraction of sp³-hybridized carbons (Fsp3) is 0.429. The number of hydrogen-bond donors (Lipinski definition) is 1. The summed E-state index contributed by atoms with van der Waals surface area (Å²) < 4.78 is 19.7. The molecule has 2 aromatic rings. The minimum atomic E-state index is -0.189. The van der Waals surface area contributed by atoms with E-state index in [0.29, 0.717) is 6.61 Å². The molecule has 0 aliphatic carbocycles. The summed E-state index contributed by atoms with van der Waals surface area (Å²) in [7, 11) is 1.67. The van der Waals surface area contributed by atoms with Gasteiger partial charge in [-0.1, -0.05) is 6.92 Å². The van der Waals surface area contributed by atoms with Crippen molar-refractivity contribution < 1.29 is 9.13 Å². The van der Waals surface area contributed by atoms with Gasteiger partial charge in [0.2, 0.25) is 0 Å². The van der Waals surface area contributed by atoms with Crippen molar-refractivity contribution in [3.05, 3.63) is 34.5 Å². The molecule has 1 heterocycles. The first kappa shape index (κ1) is 13.5. The van der Waals surface area contributed by atoms with Crippen LogP contribution in [0.4, 0.5) is 4.39 Å². The molecule has 2 rings (SSSR count). The van der Waals surface area contributed by atoms with Gasteiger partial charge in [-0.25, -0.2) is 4.39 Å². The molecule has 1 aromatic heterocycles. The molecule has 98 valence electrons. The van der Waals surface area contributed by atoms with Crippen LogP contribution >= 0.6 is 11.3 Å². The van der Waals surface area contributed by atoms with Gasteiger partial charge in [0.25, 0.3) is 0 Å². The van der Waals surface area contributed by atoms with Crippen LogP contribution in [0.5, 0.6) is 0 Å². The second-order valence-corrected chi connectivity index (χ2v) is 5.39. The molecule has 0 radical (unpaired) electrons. The quantitative estimate of drug-likeness (QED) is 0.806. The van der Waals surface area contributed by atoms with Crippen LogP contribution < -0.4 is 5.32 Å². The summed E-state index contributed by atoms with van der Waals surface area (Å²) in [5.74, 6) is -0.189. The largest absolute Gasteiger partial charge is 0.380 e. The zero-order valence-electron chi connectivity index (χ0n) is 10.8. The van der Waals surface area contributed by atoms with Crippen molar-refractivity contribution in [2.75, 3.05) is 13.7 Å². The first-order chi connectivity index (χ1) is 8.76. The fourth-order valence-corrected chi connectivity index (χ4v) is 3.16. The van der Waals surface area contributed by atoms with E-state index >= 15 is 0 Å². The minimum Gasteiger partial charge on any atom is -0.380 e. The van der Waals surface area contributed by atoms with Gasteiger partial charge < -0.3 is 10.1 Å². The van der Waals surface area contributed by atoms with E-state index in [9.17, 15) is 4.39 Å². The normalized spacial score (nSPS) is 11.3. The Kier molecular flexibility index (Phi) is 4.69. The minimum absolute atomic E-state index is 0.189. The van der Waals surface area contributed by atoms with Gasteiger partial charge in [-0.15, -0.1) is 11.3 Å². The molecular weight excluding hydrogens is 249 g/mol. The molecule has 4 heteroatoms. The number of benzene rings is 1. The predicted octanol–water partition coefficient (Wildman–Crippen LogP) is 3.69. The molecule has 1 aromatic carbocycles. The van der Waals surface area contributed by atoms with Crippen LogP contribution in [0.25, 0.3) is 10.1 Å². The average Bonchev–Trinajstić information content (AvgIpc) is 2.68. The standard InChI is InChI=1S/C14H18FNOS/c1-3-6-16-8-14-12(9-17-2)11-7-10(15)4-5-13(11)18-14/h4-5,7,16H,3,6,8-9H2,1-2H3. The third-order valence-corrected chi connectivity index (χ3v) is 4.05. The SMILES string of the molecule is CCCNCc1sc2ccc(F)cc2c1COC. The lowest BCUT2D eigenvalue weighted by Crippen LogP contribution is -2.13. The second kappa shape index (κ2) is 6.27. The molecule has 2 nitrogen and oxygen atoms in total. The van der Waals surface area contributed by atoms with Crippen molar-refractivity contribution in [1.29, 1.82) is 0 Å². The summed E-state index contributed by atoms with van der Waals surface area (Å²) >= 11 is 1.71. The van der Waals surface area contributed by atoms with Gasteiger partial charge in [-0.05, 0) is 31.2 Å². The molecule has 0 fully saturated rings. The number of methoxy groups -OCH3 is 1. The van der Waals surface area contributed by atoms with Gasteiger partial charge in [0.15, 0.2) is 0 Å². The van der Waals surface area contributed by atoms with E-state index in [1.54, 1.807) is 24.5 Å². The Morgan fingerprint density at radius 3 is 2.94 bits per heavy atom. The molecule has 0 unspecified atom stereocenters. The number of nitrogens with one attached hydrogen (secondary N) is 1. The van der Waals surface area contributed by atoms with Gasteiger partial charge in [0.1, 0.15) is 5.82 Å². The van der Waals surface area contributed by atoms with Crippen LogP contribution in [0, 0.1) is 5.82 Å². The van der Waals surface area contributed by atoms with Crippen molar-refractivity contribution in [2.45, 2.75) is 26.5 Å². The van der Waals surface area contributed by atoms with E-state index in [0.717, 1.165) is 35.2 Å². The zero-order chi connectivity index (χ0) is 13.0. The van der Waals surface area contributed by atoms with Gasteiger partial charge in [-0.3, -0.25) is 0 Å². The third kappa shape index (κ3) is 2.88. The first-order valence-corrected chi connectivity index (χ1v) is 6.97. The number of rotatable bonds is 6. The van der Waals surface area contributed by atoms with Crippen molar-refractivity contribution in [1.82, 2.24) is 5.32 Å². The van der Waals surface area contributed by atoms with Crippen LogP contribution in [0.1, 0.15) is 23.8 Å². The molecular formula is C14H18FNOS. The highest BCUT2D eigenvalue weighted by Crippen LogP contribution is 2.32. The molecule has 0 saturated heterocycles. The number of thiophene rings is 1. The topological polar surface area (TPSA) is 21.3 Å². The Bertz CT molecular complexity index is 524. The maximum absolute atomic E-state index is 13.3. The summed E-state index contributed by atoms with van der Waals surface area (Å²) in [5, 5.41) is 4.37. The summed E-state index contributed by atoms with van der Waals surface area (Å²) in [4.78, 5) is 1.24. The van der Waals surface area contributed by atoms with E-state index in [-0.39, 0.29) is 5.82 Å². The van der Waals surface area contributed by atoms with E-state index in [1.165, 1.54) is 10.9 Å². The highest BCUT2D eigenvalue weighted by molar-refractivity contribution is 7.19. The fourth-order valence-electron chi connectivity index (χ4n) is 2.00. The summed E-state index contributed by atoms with van der Waals surface area (Å²) in [6.07, 6.45) is 1.11. The molecule has 0 aliphatic rings. The highest BCUT2D eigenvalue weighted by Gasteiger charge is 2.12. The van der Waals surface area contributed by atoms with Crippen LogP contribution in [-0.4, -0.2) is 13.7 Å². The molecule has 0 amide bonds. The maximum atomic E-state index is 13.3. The third-order valence-electron chi connectivity index (χ3n) is 2.84. The molecule has 18 heavy (non-hydrogen) atoms. The van der Waals surface area contributed by atoms with Crippen molar-refractivity contribution in [3.63, 3.8) is 0 Å². The van der Waals surface area contributed by atoms with Crippen LogP contribution in [0.15, 0.2) is 18.2 Å². The van der Waals surface area contributed by atoms with Crippen LogP contribution in [0.3, 0.4) is 0 Å². The first-order valence-electron chi connectivity index (χ1n) is 6.15. The number of halogens is 1. The Morgan fingerprint density at radius 2 is 2.22 bits per heavy atom. The van der Waals surface area contributed by atoms with Crippen LogP contribution in [-0.2, 0) is 17.9 Å². The Hall–Kier alpha value is -0.970. The maximum Gasteiger partial charge on any atom is 0.123 e. The second-order valence-electron chi connectivity index (χ2n) is 4.25. The lowest BCUT2D eigenvalue weighted by atomic mass is 10.1. The zero-order valence-corrected chi connectivity index (χ0v) is 11.6. The smallest absolute Gasteiger partial charge is 0.123 e. The lowest BCUT2D eigenvalue weighted by Gasteiger charge is -2.05. The summed E-state index contributed by atoms with van der Waals surface area (Å²) in [6.45, 7) is 4.50. The summed E-state index contributed by atoms with van der Waals surface area (Å²) in [6, 6.07) is 4.96. The summed E-state index contributed by atoms with van der Waals surface area (Å²) in [5.41, 5.74) is 1.11. The van der Waals surface area contributed by atoms with Gasteiger partial charge in [0, 0.05) is 34.2 Å². The van der Waals surface area contributed by atoms with Crippen molar-refractivity contribution in [2.24, 2.45) is 0 Å². The van der Waals surface area contributed by atoms with Gasteiger partial charge in [0.05, 0.1) is 6.61 Å². The van der Waals surface area contributed by atoms with E-state index in [4.69, 9.17) is 4.74 Å². The average molecular weight is 267 g/mol. The van der Waals surface area contributed by atoms with E-state index in [1.807, 2.05) is 6.07 Å². The van der Waals surface area contributed by atoms with E-state index in [2.05, 4.69) is 12.2 Å². The Labute approximate surface area is 111 Å². The number of hydrogen-bond acceptors (Lipinski definition) is 3. The van der Waals surface area contributed by atoms with Gasteiger partial charge in [-0.2, -0.15) is 0 Å². The molecule has 0 aliphatic heterocycles. The molecule has 1 N–H and O–H groups in total. The molecule has 0 bridgehead atoms. The Balaban J connectivity index is 2.35. The van der Waals surface area contributed by atoms with Gasteiger partial charge >= 0.3 is 0 Å². The highest BCUT2D eigenvalue weighted by atomic mass is 32.1. The lowest BCUT2D eigenvalue weighted by molar-refractivity contribution is 0.185. The number of ether oxygens (including phenoxy) is 1. The van der Waals surface area contributed by atoms with Crippen molar-refractivity contribution >= 4 is 21.4 Å². The Morgan fingerprint density at radius 1 is 1.39 bits per heavy atom. The van der Waals surface area contributed by atoms with E-state index < -0.39 is 0 Å². The van der Waals surface area contributed by atoms with Crippen LogP contribution in [0.2, 0.25) is 0 Å². The monoisotopic (exact) mass is 267 g/mol. The molecule has 0 saturated carbocycles. The molecule has 0 spiro atoms. The predicted molar refractivity (Wildman–Crippen MR) is 74.5 cm³/mol. The van der Waals surface area contributed by atoms with Crippen molar-refractivity contribution in [3.8, 4) is 0 Å².